The highest BCUT2D eigenvalue weighted by Crippen LogP contribution is 2.48. The van der Waals surface area contributed by atoms with Gasteiger partial charge in [-0.05, 0) is 69.2 Å². The van der Waals surface area contributed by atoms with E-state index in [0.29, 0.717) is 0 Å². The second-order valence-corrected chi connectivity index (χ2v) is 8.45. The minimum atomic E-state index is -0.255. The Labute approximate surface area is 156 Å². The maximum Gasteiger partial charge on any atom is 0.129 e. The Balaban J connectivity index is 2.04. The molecule has 4 rings (SSSR count). The van der Waals surface area contributed by atoms with Gasteiger partial charge in [0.25, 0.3) is 0 Å². The van der Waals surface area contributed by atoms with Crippen molar-refractivity contribution >= 4 is 29.4 Å². The largest absolute Gasteiger partial charge is 0.375 e. The van der Waals surface area contributed by atoms with Gasteiger partial charge in [-0.1, -0.05) is 29.8 Å². The molecule has 0 spiro atoms. The number of hydrogen-bond acceptors (Lipinski definition) is 3. The first kappa shape index (κ1) is 16.5. The van der Waals surface area contributed by atoms with Crippen LogP contribution in [0.3, 0.4) is 0 Å². The fourth-order valence-electron chi connectivity index (χ4n) is 3.33. The third kappa shape index (κ3) is 2.53. The van der Waals surface area contributed by atoms with Crippen LogP contribution >= 0.6 is 23.8 Å². The highest BCUT2D eigenvalue weighted by Gasteiger charge is 2.34. The Bertz CT molecular complexity index is 1060. The molecule has 0 fully saturated rings. The first-order chi connectivity index (χ1) is 11.8. The molecule has 5 heteroatoms. The monoisotopic (exact) mass is 370 g/mol. The van der Waals surface area contributed by atoms with Crippen LogP contribution in [0.4, 0.5) is 10.1 Å². The summed E-state index contributed by atoms with van der Waals surface area (Å²) in [6.07, 6.45) is 0. The summed E-state index contributed by atoms with van der Waals surface area (Å²) in [5.41, 5.74) is 6.36. The lowest BCUT2D eigenvalue weighted by Crippen LogP contribution is -2.30. The predicted molar refractivity (Wildman–Crippen MR) is 106 cm³/mol. The molecule has 0 bridgehead atoms. The van der Waals surface area contributed by atoms with Crippen molar-refractivity contribution in [3.63, 3.8) is 0 Å². The summed E-state index contributed by atoms with van der Waals surface area (Å²) in [4.78, 5) is 1.18. The van der Waals surface area contributed by atoms with Crippen molar-refractivity contribution in [1.29, 1.82) is 0 Å². The number of aryl methyl sites for hydroxylation is 2. The molecule has 0 aliphatic carbocycles. The minimum Gasteiger partial charge on any atom is -0.375 e. The predicted octanol–water partition coefficient (Wildman–Crippen LogP) is 6.35. The van der Waals surface area contributed by atoms with Crippen molar-refractivity contribution in [1.82, 2.24) is 3.96 Å². The van der Waals surface area contributed by atoms with E-state index in [0.717, 1.165) is 27.1 Å². The van der Waals surface area contributed by atoms with Gasteiger partial charge in [-0.25, -0.2) is 4.39 Å². The summed E-state index contributed by atoms with van der Waals surface area (Å²) >= 11 is 7.40. The highest BCUT2D eigenvalue weighted by molar-refractivity contribution is 7.71. The first-order valence-corrected chi connectivity index (χ1v) is 9.38. The van der Waals surface area contributed by atoms with Gasteiger partial charge in [0.2, 0.25) is 0 Å². The van der Waals surface area contributed by atoms with Gasteiger partial charge in [0.05, 0.1) is 16.1 Å². The Morgan fingerprint density at radius 3 is 2.56 bits per heavy atom. The van der Waals surface area contributed by atoms with E-state index < -0.39 is 0 Å². The lowest BCUT2D eigenvalue weighted by atomic mass is 9.88. The Hall–Kier alpha value is -1.98. The summed E-state index contributed by atoms with van der Waals surface area (Å²) in [7, 11) is 0. The SMILES string of the molecule is Cc1cc2c(cc1C)-c1c(sn(-c3cccc(F)c3)c1=S)C(C)(C)N2. The fraction of sp³-hybridized carbons (Fsp3) is 0.250. The van der Waals surface area contributed by atoms with Crippen molar-refractivity contribution in [2.24, 2.45) is 0 Å². The Morgan fingerprint density at radius 1 is 1.12 bits per heavy atom. The van der Waals surface area contributed by atoms with Gasteiger partial charge in [-0.2, -0.15) is 0 Å². The Morgan fingerprint density at radius 2 is 1.84 bits per heavy atom. The standard InChI is InChI=1S/C20H19FN2S2/c1-11-8-15-16(9-12(11)2)22-20(3,4)18-17(15)19(24)23(25-18)14-7-5-6-13(21)10-14/h5-10,22H,1-4H3. The average molecular weight is 371 g/mol. The second kappa shape index (κ2) is 5.51. The van der Waals surface area contributed by atoms with Gasteiger partial charge in [-0.15, -0.1) is 0 Å². The van der Waals surface area contributed by atoms with Crippen LogP contribution in [0, 0.1) is 24.3 Å². The number of anilines is 1. The van der Waals surface area contributed by atoms with Gasteiger partial charge in [0.1, 0.15) is 10.5 Å². The normalized spacial score (nSPS) is 14.6. The van der Waals surface area contributed by atoms with E-state index in [2.05, 4.69) is 45.1 Å². The number of aromatic nitrogens is 1. The molecule has 128 valence electrons. The van der Waals surface area contributed by atoms with Crippen LogP contribution in [0.1, 0.15) is 29.9 Å². The van der Waals surface area contributed by atoms with E-state index in [1.165, 1.54) is 28.1 Å². The highest BCUT2D eigenvalue weighted by atomic mass is 32.1. The Kier molecular flexibility index (Phi) is 3.63. The molecular formula is C20H19FN2S2. The van der Waals surface area contributed by atoms with Crippen LogP contribution in [-0.4, -0.2) is 3.96 Å². The van der Waals surface area contributed by atoms with Crippen molar-refractivity contribution in [2.75, 3.05) is 5.32 Å². The average Bonchev–Trinajstić information content (AvgIpc) is 2.88. The van der Waals surface area contributed by atoms with Gasteiger partial charge in [0, 0.05) is 16.8 Å². The van der Waals surface area contributed by atoms with E-state index in [1.807, 2.05) is 10.0 Å². The maximum atomic E-state index is 13.7. The van der Waals surface area contributed by atoms with E-state index in [9.17, 15) is 4.39 Å². The molecule has 0 radical (unpaired) electrons. The van der Waals surface area contributed by atoms with Crippen LogP contribution in [0.2, 0.25) is 0 Å². The van der Waals surface area contributed by atoms with Gasteiger partial charge in [0.15, 0.2) is 0 Å². The molecule has 0 saturated carbocycles. The van der Waals surface area contributed by atoms with Gasteiger partial charge >= 0.3 is 0 Å². The van der Waals surface area contributed by atoms with Crippen LogP contribution in [0.5, 0.6) is 0 Å². The minimum absolute atomic E-state index is 0.235. The fourth-order valence-corrected chi connectivity index (χ4v) is 4.98. The quantitative estimate of drug-likeness (QED) is 0.503. The number of halogens is 1. The molecule has 0 atom stereocenters. The maximum absolute atomic E-state index is 13.7. The topological polar surface area (TPSA) is 17.0 Å². The summed E-state index contributed by atoms with van der Waals surface area (Å²) in [6.45, 7) is 8.55. The summed E-state index contributed by atoms with van der Waals surface area (Å²) < 4.78 is 16.4. The molecule has 1 aliphatic rings. The third-order valence-corrected chi connectivity index (χ3v) is 6.74. The molecule has 0 unspecified atom stereocenters. The zero-order valence-corrected chi connectivity index (χ0v) is 16.2. The van der Waals surface area contributed by atoms with E-state index in [1.54, 1.807) is 17.6 Å². The molecule has 2 aromatic carbocycles. The number of hydrogen-bond donors (Lipinski definition) is 1. The van der Waals surface area contributed by atoms with Crippen LogP contribution < -0.4 is 5.32 Å². The van der Waals surface area contributed by atoms with Crippen LogP contribution in [0.15, 0.2) is 36.4 Å². The van der Waals surface area contributed by atoms with Crippen molar-refractivity contribution < 1.29 is 4.39 Å². The summed E-state index contributed by atoms with van der Waals surface area (Å²) in [5, 5.41) is 3.64. The number of nitrogens with one attached hydrogen (secondary N) is 1. The number of fused-ring (bicyclic) bond motifs is 3. The van der Waals surface area contributed by atoms with Crippen molar-refractivity contribution in [2.45, 2.75) is 33.2 Å². The molecule has 1 N–H and O–H groups in total. The molecule has 1 aromatic heterocycles. The molecule has 25 heavy (non-hydrogen) atoms. The number of nitrogens with zero attached hydrogens (tertiary/aromatic N) is 1. The van der Waals surface area contributed by atoms with Gasteiger partial charge < -0.3 is 5.32 Å². The third-order valence-electron chi connectivity index (χ3n) is 4.77. The number of benzene rings is 2. The number of rotatable bonds is 1. The van der Waals surface area contributed by atoms with E-state index in [4.69, 9.17) is 12.2 Å². The second-order valence-electron chi connectivity index (χ2n) is 7.11. The van der Waals surface area contributed by atoms with Crippen LogP contribution in [-0.2, 0) is 5.54 Å². The summed E-state index contributed by atoms with van der Waals surface area (Å²) in [6, 6.07) is 11.0. The molecule has 2 heterocycles. The van der Waals surface area contributed by atoms with Gasteiger partial charge in [-0.3, -0.25) is 3.96 Å². The first-order valence-electron chi connectivity index (χ1n) is 8.20. The molecule has 0 saturated heterocycles. The summed E-state index contributed by atoms with van der Waals surface area (Å²) in [5.74, 6) is -0.255. The van der Waals surface area contributed by atoms with Crippen molar-refractivity contribution in [3.8, 4) is 16.8 Å². The molecule has 3 aromatic rings. The lowest BCUT2D eigenvalue weighted by molar-refractivity contribution is 0.619. The van der Waals surface area contributed by atoms with Crippen LogP contribution in [0.25, 0.3) is 16.8 Å². The van der Waals surface area contributed by atoms with E-state index >= 15 is 0 Å². The molecular weight excluding hydrogens is 351 g/mol. The molecule has 1 aliphatic heterocycles. The lowest BCUT2D eigenvalue weighted by Gasteiger charge is -2.33. The van der Waals surface area contributed by atoms with E-state index in [-0.39, 0.29) is 11.4 Å². The molecule has 0 amide bonds. The zero-order chi connectivity index (χ0) is 17.9. The van der Waals surface area contributed by atoms with Crippen molar-refractivity contribution in [3.05, 3.63) is 62.9 Å². The molecule has 2 nitrogen and oxygen atoms in total. The zero-order valence-electron chi connectivity index (χ0n) is 14.6. The smallest absolute Gasteiger partial charge is 0.129 e.